The average Bonchev–Trinajstić information content (AvgIpc) is 2.45. The summed E-state index contributed by atoms with van der Waals surface area (Å²) in [6, 6.07) is 13.1. The van der Waals surface area contributed by atoms with Gasteiger partial charge in [0.25, 0.3) is 5.56 Å². The fourth-order valence-electron chi connectivity index (χ4n) is 1.98. The number of nitrogens with zero attached hydrogens (tertiary/aromatic N) is 2. The normalized spacial score (nSPS) is 10.1. The topological polar surface area (TPSA) is 34.4 Å². The number of aromatic nitrogens is 2. The van der Waals surface area contributed by atoms with Crippen molar-refractivity contribution < 1.29 is 0 Å². The third-order valence-corrected chi connectivity index (χ3v) is 2.97. The molecule has 0 fully saturated rings. The molecule has 3 aromatic rings. The molecule has 0 unspecified atom stereocenters. The maximum absolute atomic E-state index is 11.6. The Morgan fingerprint density at radius 2 is 1.85 bits per heavy atom. The number of hydrogen-bond acceptors (Lipinski definition) is 2. The Kier molecular flexibility index (Phi) is 3.06. The highest BCUT2D eigenvalue weighted by Crippen LogP contribution is 2.04. The van der Waals surface area contributed by atoms with Crippen molar-refractivity contribution in [2.75, 3.05) is 0 Å². The zero-order chi connectivity index (χ0) is 13.9. The summed E-state index contributed by atoms with van der Waals surface area (Å²) in [5.41, 5.74) is 3.51. The molecule has 0 saturated heterocycles. The van der Waals surface area contributed by atoms with Gasteiger partial charge in [-0.05, 0) is 36.8 Å². The fraction of sp³-hybridized carbons (Fsp3) is 0.0588. The van der Waals surface area contributed by atoms with Crippen molar-refractivity contribution in [3.05, 3.63) is 81.9 Å². The molecule has 3 heteroatoms. The minimum atomic E-state index is -0.0896. The largest absolute Gasteiger partial charge is 0.269 e. The molecule has 0 aliphatic rings. The molecule has 2 heterocycles. The molecule has 0 atom stereocenters. The summed E-state index contributed by atoms with van der Waals surface area (Å²) < 4.78 is 1.50. The second kappa shape index (κ2) is 5.02. The van der Waals surface area contributed by atoms with Crippen LogP contribution in [0.5, 0.6) is 0 Å². The molecular weight excluding hydrogens is 248 g/mol. The summed E-state index contributed by atoms with van der Waals surface area (Å²) in [7, 11) is 0. The summed E-state index contributed by atoms with van der Waals surface area (Å²) >= 11 is 0. The highest BCUT2D eigenvalue weighted by Gasteiger charge is 1.96. The lowest BCUT2D eigenvalue weighted by Gasteiger charge is -1.98. The van der Waals surface area contributed by atoms with Crippen LogP contribution in [0, 0.1) is 18.8 Å². The van der Waals surface area contributed by atoms with Crippen LogP contribution in [0.2, 0.25) is 0 Å². The lowest BCUT2D eigenvalue weighted by atomic mass is 10.1. The van der Waals surface area contributed by atoms with E-state index in [0.29, 0.717) is 5.65 Å². The van der Waals surface area contributed by atoms with Crippen molar-refractivity contribution in [3.8, 4) is 11.8 Å². The van der Waals surface area contributed by atoms with Crippen LogP contribution >= 0.6 is 0 Å². The maximum atomic E-state index is 11.6. The molecule has 0 aliphatic carbocycles. The van der Waals surface area contributed by atoms with E-state index in [1.165, 1.54) is 22.2 Å². The molecule has 0 amide bonds. The van der Waals surface area contributed by atoms with E-state index in [9.17, 15) is 4.79 Å². The third kappa shape index (κ3) is 2.45. The Morgan fingerprint density at radius 3 is 2.65 bits per heavy atom. The smallest absolute Gasteiger partial charge is 0.257 e. The monoisotopic (exact) mass is 260 g/mol. The van der Waals surface area contributed by atoms with Crippen LogP contribution in [0.4, 0.5) is 0 Å². The summed E-state index contributed by atoms with van der Waals surface area (Å²) in [4.78, 5) is 15.8. The lowest BCUT2D eigenvalue weighted by molar-refractivity contribution is 1.04. The Bertz CT molecular complexity index is 898. The number of aryl methyl sites for hydroxylation is 1. The molecule has 3 nitrogen and oxygen atoms in total. The van der Waals surface area contributed by atoms with Crippen LogP contribution < -0.4 is 5.56 Å². The van der Waals surface area contributed by atoms with Gasteiger partial charge in [-0.25, -0.2) is 4.98 Å². The molecule has 0 N–H and O–H groups in total. The standard InChI is InChI=1S/C17H12N2O/c1-13-3-2-4-14(11-13)5-6-15-8-10-19-16(12-15)18-9-7-17(19)20/h2-4,7-12H,1H3. The van der Waals surface area contributed by atoms with Gasteiger partial charge in [-0.1, -0.05) is 24.0 Å². The Balaban J connectivity index is 2.02. The van der Waals surface area contributed by atoms with Gasteiger partial charge in [0.1, 0.15) is 5.65 Å². The molecule has 1 aromatic carbocycles. The van der Waals surface area contributed by atoms with Gasteiger partial charge >= 0.3 is 0 Å². The van der Waals surface area contributed by atoms with Crippen molar-refractivity contribution >= 4 is 5.65 Å². The second-order valence-electron chi connectivity index (χ2n) is 4.55. The fourth-order valence-corrected chi connectivity index (χ4v) is 1.98. The van der Waals surface area contributed by atoms with Crippen molar-refractivity contribution in [1.29, 1.82) is 0 Å². The molecule has 0 spiro atoms. The Morgan fingerprint density at radius 1 is 1.05 bits per heavy atom. The molecule has 2 aromatic heterocycles. The van der Waals surface area contributed by atoms with Crippen LogP contribution in [0.25, 0.3) is 5.65 Å². The molecule has 0 bridgehead atoms. The van der Waals surface area contributed by atoms with Crippen LogP contribution in [0.15, 0.2) is 59.7 Å². The van der Waals surface area contributed by atoms with Crippen molar-refractivity contribution in [1.82, 2.24) is 9.38 Å². The van der Waals surface area contributed by atoms with Crippen molar-refractivity contribution in [3.63, 3.8) is 0 Å². The van der Waals surface area contributed by atoms with E-state index >= 15 is 0 Å². The molecule has 3 rings (SSSR count). The number of benzene rings is 1. The van der Waals surface area contributed by atoms with Gasteiger partial charge in [0.2, 0.25) is 0 Å². The molecule has 96 valence electrons. The lowest BCUT2D eigenvalue weighted by Crippen LogP contribution is -2.12. The van der Waals surface area contributed by atoms with E-state index in [4.69, 9.17) is 0 Å². The minimum absolute atomic E-state index is 0.0896. The van der Waals surface area contributed by atoms with E-state index < -0.39 is 0 Å². The van der Waals surface area contributed by atoms with Gasteiger partial charge < -0.3 is 0 Å². The van der Waals surface area contributed by atoms with Crippen LogP contribution in [-0.2, 0) is 0 Å². The first-order valence-electron chi connectivity index (χ1n) is 6.28. The summed E-state index contributed by atoms with van der Waals surface area (Å²) in [6.45, 7) is 2.04. The highest BCUT2D eigenvalue weighted by molar-refractivity contribution is 5.49. The number of hydrogen-bond donors (Lipinski definition) is 0. The number of pyridine rings is 1. The number of fused-ring (bicyclic) bond motifs is 1. The molecule has 0 aliphatic heterocycles. The van der Waals surface area contributed by atoms with E-state index in [1.54, 1.807) is 6.20 Å². The summed E-state index contributed by atoms with van der Waals surface area (Å²) in [5, 5.41) is 0. The van der Waals surface area contributed by atoms with Gasteiger partial charge in [0.15, 0.2) is 0 Å². The predicted octanol–water partition coefficient (Wildman–Crippen LogP) is 2.40. The Labute approximate surface area is 116 Å². The van der Waals surface area contributed by atoms with E-state index in [0.717, 1.165) is 11.1 Å². The van der Waals surface area contributed by atoms with E-state index in [2.05, 4.69) is 16.8 Å². The molecule has 20 heavy (non-hydrogen) atoms. The first-order valence-corrected chi connectivity index (χ1v) is 6.28. The molecular formula is C17H12N2O. The maximum Gasteiger partial charge on any atom is 0.257 e. The molecule has 0 radical (unpaired) electrons. The summed E-state index contributed by atoms with van der Waals surface area (Å²) in [5.74, 6) is 6.21. The first kappa shape index (κ1) is 12.2. The molecule has 0 saturated carbocycles. The average molecular weight is 260 g/mol. The van der Waals surface area contributed by atoms with Crippen molar-refractivity contribution in [2.24, 2.45) is 0 Å². The van der Waals surface area contributed by atoms with Gasteiger partial charge in [-0.2, -0.15) is 0 Å². The second-order valence-corrected chi connectivity index (χ2v) is 4.55. The van der Waals surface area contributed by atoms with E-state index in [-0.39, 0.29) is 5.56 Å². The predicted molar refractivity (Wildman–Crippen MR) is 78.6 cm³/mol. The van der Waals surface area contributed by atoms with Gasteiger partial charge in [-0.3, -0.25) is 9.20 Å². The highest BCUT2D eigenvalue weighted by atomic mass is 16.1. The van der Waals surface area contributed by atoms with Gasteiger partial charge in [0, 0.05) is 29.6 Å². The van der Waals surface area contributed by atoms with Crippen LogP contribution in [0.1, 0.15) is 16.7 Å². The zero-order valence-electron chi connectivity index (χ0n) is 11.0. The Hall–Kier alpha value is -2.86. The summed E-state index contributed by atoms with van der Waals surface area (Å²) in [6.07, 6.45) is 3.21. The number of rotatable bonds is 0. The SMILES string of the molecule is Cc1cccc(C#Cc2ccn3c(=O)ccnc3c2)c1. The van der Waals surface area contributed by atoms with Crippen molar-refractivity contribution in [2.45, 2.75) is 6.92 Å². The van der Waals surface area contributed by atoms with Gasteiger partial charge in [0.05, 0.1) is 0 Å². The van der Waals surface area contributed by atoms with E-state index in [1.807, 2.05) is 43.3 Å². The first-order chi connectivity index (χ1) is 9.72. The van der Waals surface area contributed by atoms with Gasteiger partial charge in [-0.15, -0.1) is 0 Å². The third-order valence-electron chi connectivity index (χ3n) is 2.97. The van der Waals surface area contributed by atoms with Crippen LogP contribution in [0.3, 0.4) is 0 Å². The zero-order valence-corrected chi connectivity index (χ0v) is 11.0. The minimum Gasteiger partial charge on any atom is -0.269 e. The van der Waals surface area contributed by atoms with Crippen LogP contribution in [-0.4, -0.2) is 9.38 Å². The quantitative estimate of drug-likeness (QED) is 0.582.